The lowest BCUT2D eigenvalue weighted by atomic mass is 10.0. The summed E-state index contributed by atoms with van der Waals surface area (Å²) < 4.78 is 54.7. The summed E-state index contributed by atoms with van der Waals surface area (Å²) in [6, 6.07) is 3.23. The number of rotatable bonds is 6. The number of hydrogen-bond acceptors (Lipinski definition) is 4. The highest BCUT2D eigenvalue weighted by Crippen LogP contribution is 2.28. The van der Waals surface area contributed by atoms with Crippen molar-refractivity contribution in [2.45, 2.75) is 38.0 Å². The number of likely N-dealkylation sites (tertiary alicyclic amines) is 1. The van der Waals surface area contributed by atoms with Crippen LogP contribution in [0.3, 0.4) is 0 Å². The number of carbonyl (C=O) groups excluding carboxylic acids is 1. The van der Waals surface area contributed by atoms with Gasteiger partial charge in [0.1, 0.15) is 12.0 Å². The molecule has 10 heteroatoms. The van der Waals surface area contributed by atoms with E-state index in [2.05, 4.69) is 15.6 Å². The van der Waals surface area contributed by atoms with Crippen molar-refractivity contribution in [1.82, 2.24) is 15.2 Å². The van der Waals surface area contributed by atoms with Gasteiger partial charge in [0.25, 0.3) is 12.3 Å². The van der Waals surface area contributed by atoms with Crippen LogP contribution in [0.5, 0.6) is 0 Å². The maximum atomic E-state index is 14.4. The van der Waals surface area contributed by atoms with Crippen molar-refractivity contribution in [3.63, 3.8) is 0 Å². The number of nitrogens with zero attached hydrogens (tertiary/aromatic N) is 1. The fourth-order valence-corrected chi connectivity index (χ4v) is 3.62. The SMILES string of the molecule is C[C@@H](NC(=O)c1c[nH]c(=O)cc1N[C@@H]1CCN(C)C[C@@H]1F)c1cccc(C(F)F)c1F. The van der Waals surface area contributed by atoms with Crippen LogP contribution in [0.4, 0.5) is 23.2 Å². The molecule has 3 N–H and O–H groups in total. The van der Waals surface area contributed by atoms with E-state index in [1.165, 1.54) is 25.3 Å². The molecule has 0 bridgehead atoms. The van der Waals surface area contributed by atoms with Crippen molar-refractivity contribution in [2.24, 2.45) is 0 Å². The Labute approximate surface area is 176 Å². The van der Waals surface area contributed by atoms with Crippen LogP contribution in [0.1, 0.15) is 47.3 Å². The number of aromatic amines is 1. The Balaban J connectivity index is 1.81. The zero-order valence-corrected chi connectivity index (χ0v) is 17.1. The van der Waals surface area contributed by atoms with Crippen molar-refractivity contribution in [3.05, 3.63) is 63.3 Å². The van der Waals surface area contributed by atoms with Gasteiger partial charge in [-0.3, -0.25) is 9.59 Å². The first-order valence-electron chi connectivity index (χ1n) is 9.86. The number of H-pyrrole nitrogens is 1. The van der Waals surface area contributed by atoms with Gasteiger partial charge in [-0.25, -0.2) is 17.6 Å². The number of alkyl halides is 3. The standard InChI is InChI=1S/C21H24F4N4O2/c1-11(12-4-3-5-13(19(12)23)20(24)25)27-21(31)14-9-26-18(30)8-17(14)28-16-6-7-29(2)10-15(16)22/h3-5,8-9,11,15-16,20H,6-7,10H2,1-2H3,(H,27,31)(H2,26,28,30)/t11-,15+,16-/m1/s1. The number of carbonyl (C=O) groups is 1. The molecule has 0 saturated carbocycles. The van der Waals surface area contributed by atoms with E-state index in [0.29, 0.717) is 13.0 Å². The van der Waals surface area contributed by atoms with Crippen LogP contribution in [0.2, 0.25) is 0 Å². The average molecular weight is 440 g/mol. The van der Waals surface area contributed by atoms with Gasteiger partial charge in [0, 0.05) is 30.9 Å². The molecule has 1 fully saturated rings. The summed E-state index contributed by atoms with van der Waals surface area (Å²) in [7, 11) is 1.80. The Hall–Kier alpha value is -2.88. The Kier molecular flexibility index (Phi) is 6.99. The van der Waals surface area contributed by atoms with Gasteiger partial charge in [-0.05, 0) is 20.4 Å². The number of pyridine rings is 1. The zero-order valence-electron chi connectivity index (χ0n) is 17.1. The summed E-state index contributed by atoms with van der Waals surface area (Å²) in [6.45, 7) is 2.33. The highest BCUT2D eigenvalue weighted by atomic mass is 19.3. The van der Waals surface area contributed by atoms with E-state index in [1.807, 2.05) is 4.90 Å². The summed E-state index contributed by atoms with van der Waals surface area (Å²) in [5.41, 5.74) is -1.15. The van der Waals surface area contributed by atoms with Crippen molar-refractivity contribution in [2.75, 3.05) is 25.5 Å². The topological polar surface area (TPSA) is 77.2 Å². The van der Waals surface area contributed by atoms with Crippen molar-refractivity contribution in [3.8, 4) is 0 Å². The number of piperidine rings is 1. The summed E-state index contributed by atoms with van der Waals surface area (Å²) in [5.74, 6) is -1.76. The third-order valence-electron chi connectivity index (χ3n) is 5.36. The molecule has 2 aromatic rings. The van der Waals surface area contributed by atoms with Gasteiger partial charge in [-0.1, -0.05) is 18.2 Å². The van der Waals surface area contributed by atoms with Gasteiger partial charge in [0.15, 0.2) is 0 Å². The fraction of sp³-hybridized carbons (Fsp3) is 0.429. The first-order chi connectivity index (χ1) is 14.7. The average Bonchev–Trinajstić information content (AvgIpc) is 2.70. The molecule has 0 spiro atoms. The first kappa shape index (κ1) is 22.8. The molecule has 2 heterocycles. The van der Waals surface area contributed by atoms with E-state index in [1.54, 1.807) is 7.05 Å². The first-order valence-corrected chi connectivity index (χ1v) is 9.86. The van der Waals surface area contributed by atoms with Crippen LogP contribution in [-0.4, -0.2) is 48.1 Å². The van der Waals surface area contributed by atoms with E-state index in [9.17, 15) is 27.2 Å². The summed E-state index contributed by atoms with van der Waals surface area (Å²) in [5, 5.41) is 5.48. The van der Waals surface area contributed by atoms with E-state index < -0.39 is 47.5 Å². The van der Waals surface area contributed by atoms with Gasteiger partial charge < -0.3 is 20.5 Å². The second-order valence-electron chi connectivity index (χ2n) is 7.69. The maximum Gasteiger partial charge on any atom is 0.266 e. The number of amides is 1. The normalized spacial score (nSPS) is 20.5. The molecule has 1 saturated heterocycles. The number of benzene rings is 1. The van der Waals surface area contributed by atoms with Crippen LogP contribution in [0.25, 0.3) is 0 Å². The quantitative estimate of drug-likeness (QED) is 0.602. The van der Waals surface area contributed by atoms with Crippen LogP contribution in [-0.2, 0) is 0 Å². The van der Waals surface area contributed by atoms with Crippen LogP contribution in [0.15, 0.2) is 35.3 Å². The minimum absolute atomic E-state index is 0.0306. The minimum atomic E-state index is -2.99. The number of nitrogens with one attached hydrogen (secondary N) is 3. The van der Waals surface area contributed by atoms with Crippen molar-refractivity contribution < 1.29 is 22.4 Å². The third kappa shape index (κ3) is 5.25. The van der Waals surface area contributed by atoms with E-state index in [0.717, 1.165) is 12.1 Å². The smallest absolute Gasteiger partial charge is 0.266 e. The highest BCUT2D eigenvalue weighted by Gasteiger charge is 2.29. The minimum Gasteiger partial charge on any atom is -0.378 e. The number of anilines is 1. The van der Waals surface area contributed by atoms with Gasteiger partial charge >= 0.3 is 0 Å². The van der Waals surface area contributed by atoms with Gasteiger partial charge in [0.2, 0.25) is 5.56 Å². The Morgan fingerprint density at radius 3 is 2.68 bits per heavy atom. The molecular formula is C21H24F4N4O2. The predicted molar refractivity (Wildman–Crippen MR) is 109 cm³/mol. The summed E-state index contributed by atoms with van der Waals surface area (Å²) in [4.78, 5) is 28.8. The number of halogens is 4. The molecule has 0 aliphatic carbocycles. The van der Waals surface area contributed by atoms with E-state index in [-0.39, 0.29) is 23.4 Å². The molecule has 31 heavy (non-hydrogen) atoms. The fourth-order valence-electron chi connectivity index (χ4n) is 3.62. The lowest BCUT2D eigenvalue weighted by Crippen LogP contribution is -2.46. The van der Waals surface area contributed by atoms with Crippen molar-refractivity contribution in [1.29, 1.82) is 0 Å². The van der Waals surface area contributed by atoms with E-state index in [4.69, 9.17) is 0 Å². The second kappa shape index (κ2) is 9.51. The van der Waals surface area contributed by atoms with Gasteiger partial charge in [-0.2, -0.15) is 0 Å². The van der Waals surface area contributed by atoms with Gasteiger partial charge in [0.05, 0.1) is 28.9 Å². The number of hydrogen-bond donors (Lipinski definition) is 3. The number of aromatic nitrogens is 1. The van der Waals surface area contributed by atoms with Crippen LogP contribution < -0.4 is 16.2 Å². The Morgan fingerprint density at radius 1 is 1.29 bits per heavy atom. The third-order valence-corrected chi connectivity index (χ3v) is 5.36. The van der Waals surface area contributed by atoms with Gasteiger partial charge in [-0.15, -0.1) is 0 Å². The Morgan fingerprint density at radius 2 is 2.00 bits per heavy atom. The summed E-state index contributed by atoms with van der Waals surface area (Å²) in [6.07, 6.45) is -2.52. The predicted octanol–water partition coefficient (Wildman–Crippen LogP) is 3.40. The molecule has 0 radical (unpaired) electrons. The molecule has 6 nitrogen and oxygen atoms in total. The zero-order chi connectivity index (χ0) is 22.7. The monoisotopic (exact) mass is 440 g/mol. The molecule has 3 atom stereocenters. The largest absolute Gasteiger partial charge is 0.378 e. The van der Waals surface area contributed by atoms with E-state index >= 15 is 0 Å². The second-order valence-corrected chi connectivity index (χ2v) is 7.69. The van der Waals surface area contributed by atoms with Crippen molar-refractivity contribution >= 4 is 11.6 Å². The molecular weight excluding hydrogens is 416 g/mol. The lowest BCUT2D eigenvalue weighted by Gasteiger charge is -2.33. The molecule has 1 aromatic heterocycles. The highest BCUT2D eigenvalue weighted by molar-refractivity contribution is 5.99. The Bertz CT molecular complexity index is 998. The molecule has 168 valence electrons. The van der Waals surface area contributed by atoms with Crippen LogP contribution in [0, 0.1) is 5.82 Å². The molecule has 1 aliphatic rings. The molecule has 0 unspecified atom stereocenters. The molecule has 1 aromatic carbocycles. The molecule has 3 rings (SSSR count). The lowest BCUT2D eigenvalue weighted by molar-refractivity contribution is 0.0939. The van der Waals surface area contributed by atoms with Crippen LogP contribution >= 0.6 is 0 Å². The summed E-state index contributed by atoms with van der Waals surface area (Å²) >= 11 is 0. The molecule has 1 amide bonds. The molecule has 1 aliphatic heterocycles. The maximum absolute atomic E-state index is 14.4.